The molecule has 0 bridgehead atoms. The second-order valence-corrected chi connectivity index (χ2v) is 8.63. The van der Waals surface area contributed by atoms with Gasteiger partial charge in [0.1, 0.15) is 18.9 Å². The molecule has 1 fully saturated rings. The van der Waals surface area contributed by atoms with Gasteiger partial charge in [-0.2, -0.15) is 5.10 Å². The minimum Gasteiger partial charge on any atom is -0.492 e. The zero-order chi connectivity index (χ0) is 24.8. The van der Waals surface area contributed by atoms with E-state index in [1.165, 1.54) is 10.9 Å². The predicted molar refractivity (Wildman–Crippen MR) is 127 cm³/mol. The van der Waals surface area contributed by atoms with Gasteiger partial charge in [0, 0.05) is 25.2 Å². The second-order valence-electron chi connectivity index (χ2n) is 8.63. The number of ether oxygens (including phenoxy) is 1. The Morgan fingerprint density at radius 3 is 2.60 bits per heavy atom. The number of hydrogen-bond acceptors (Lipinski definition) is 7. The standard InChI is InChI=1S/C24H28FN7O3/c1-16-3-5-21(6-4-16)35-8-7-31(2)22(33)15-32-14-20(13-28-32)29-23(34)17-9-19(10-17)30-24-26-11-18(25)12-27-24/h3-6,11-14,17,19H,7-10,15H2,1-2H3,(H,29,34)(H,26,27,30). The summed E-state index contributed by atoms with van der Waals surface area (Å²) in [5, 5.41) is 10.1. The fourth-order valence-electron chi connectivity index (χ4n) is 3.60. The molecule has 0 saturated heterocycles. The van der Waals surface area contributed by atoms with Crippen LogP contribution < -0.4 is 15.4 Å². The lowest BCUT2D eigenvalue weighted by molar-refractivity contribution is -0.131. The average molecular weight is 482 g/mol. The molecule has 1 aliphatic carbocycles. The summed E-state index contributed by atoms with van der Waals surface area (Å²) in [6.45, 7) is 2.90. The highest BCUT2D eigenvalue weighted by Crippen LogP contribution is 2.30. The largest absolute Gasteiger partial charge is 0.492 e. The SMILES string of the molecule is Cc1ccc(OCCN(C)C(=O)Cn2cc(NC(=O)C3CC(Nc4ncc(F)cn4)C3)cn2)cc1. The summed E-state index contributed by atoms with van der Waals surface area (Å²) >= 11 is 0. The zero-order valence-electron chi connectivity index (χ0n) is 19.6. The van der Waals surface area contributed by atoms with E-state index in [1.54, 1.807) is 18.1 Å². The van der Waals surface area contributed by atoms with Gasteiger partial charge in [-0.05, 0) is 31.9 Å². The molecule has 1 aromatic carbocycles. The lowest BCUT2D eigenvalue weighted by atomic mass is 9.79. The maximum absolute atomic E-state index is 12.9. The molecule has 0 aliphatic heterocycles. The number of nitrogens with zero attached hydrogens (tertiary/aromatic N) is 5. The smallest absolute Gasteiger partial charge is 0.244 e. The van der Waals surface area contributed by atoms with Gasteiger partial charge in [0.05, 0.1) is 30.8 Å². The Balaban J connectivity index is 1.16. The topological polar surface area (TPSA) is 114 Å². The summed E-state index contributed by atoms with van der Waals surface area (Å²) in [6, 6.07) is 7.80. The molecule has 2 aromatic heterocycles. The van der Waals surface area contributed by atoms with Crippen molar-refractivity contribution in [3.63, 3.8) is 0 Å². The number of rotatable bonds is 10. The molecule has 1 saturated carbocycles. The Bertz CT molecular complexity index is 1110. The molecule has 0 atom stereocenters. The summed E-state index contributed by atoms with van der Waals surface area (Å²) < 4.78 is 20.1. The van der Waals surface area contributed by atoms with Gasteiger partial charge < -0.3 is 20.3 Å². The van der Waals surface area contributed by atoms with E-state index < -0.39 is 5.82 Å². The first kappa shape index (κ1) is 24.1. The first-order valence-corrected chi connectivity index (χ1v) is 11.4. The van der Waals surface area contributed by atoms with Crippen LogP contribution in [0.1, 0.15) is 18.4 Å². The Labute approximate surface area is 202 Å². The molecule has 2 N–H and O–H groups in total. The average Bonchev–Trinajstić information content (AvgIpc) is 3.24. The van der Waals surface area contributed by atoms with Crippen molar-refractivity contribution in [2.45, 2.75) is 32.4 Å². The lowest BCUT2D eigenvalue weighted by Crippen LogP contribution is -2.42. The molecular formula is C24H28FN7O3. The second kappa shape index (κ2) is 10.9. The van der Waals surface area contributed by atoms with E-state index in [0.29, 0.717) is 37.6 Å². The van der Waals surface area contributed by atoms with Gasteiger partial charge in [-0.1, -0.05) is 17.7 Å². The molecule has 3 aromatic rings. The highest BCUT2D eigenvalue weighted by atomic mass is 19.1. The minimum absolute atomic E-state index is 0.0575. The van der Waals surface area contributed by atoms with E-state index in [-0.39, 0.29) is 30.3 Å². The Morgan fingerprint density at radius 1 is 1.17 bits per heavy atom. The molecule has 0 spiro atoms. The number of halogens is 1. The number of hydrogen-bond donors (Lipinski definition) is 2. The van der Waals surface area contributed by atoms with Crippen molar-refractivity contribution in [2.24, 2.45) is 5.92 Å². The van der Waals surface area contributed by atoms with Crippen molar-refractivity contribution in [2.75, 3.05) is 30.8 Å². The van der Waals surface area contributed by atoms with Crippen LogP contribution in [0, 0.1) is 18.7 Å². The zero-order valence-corrected chi connectivity index (χ0v) is 19.6. The monoisotopic (exact) mass is 481 g/mol. The summed E-state index contributed by atoms with van der Waals surface area (Å²) in [7, 11) is 1.71. The first-order chi connectivity index (χ1) is 16.9. The Morgan fingerprint density at radius 2 is 1.89 bits per heavy atom. The fourth-order valence-corrected chi connectivity index (χ4v) is 3.60. The van der Waals surface area contributed by atoms with Crippen LogP contribution in [0.25, 0.3) is 0 Å². The Kier molecular flexibility index (Phi) is 7.54. The molecule has 11 heteroatoms. The van der Waals surface area contributed by atoms with Crippen LogP contribution in [-0.4, -0.2) is 62.7 Å². The molecule has 1 aliphatic rings. The summed E-state index contributed by atoms with van der Waals surface area (Å²) in [5.74, 6) is 0.225. The van der Waals surface area contributed by atoms with Crippen molar-refractivity contribution < 1.29 is 18.7 Å². The van der Waals surface area contributed by atoms with Crippen LogP contribution in [0.15, 0.2) is 49.1 Å². The van der Waals surface area contributed by atoms with E-state index in [1.807, 2.05) is 31.2 Å². The van der Waals surface area contributed by atoms with Crippen molar-refractivity contribution in [3.8, 4) is 5.75 Å². The van der Waals surface area contributed by atoms with Gasteiger partial charge in [-0.25, -0.2) is 14.4 Å². The number of carbonyl (C=O) groups excluding carboxylic acids is 2. The minimum atomic E-state index is -0.498. The van der Waals surface area contributed by atoms with E-state index >= 15 is 0 Å². The molecule has 35 heavy (non-hydrogen) atoms. The number of nitrogens with one attached hydrogen (secondary N) is 2. The number of aromatic nitrogens is 4. The van der Waals surface area contributed by atoms with Crippen molar-refractivity contribution in [1.29, 1.82) is 0 Å². The van der Waals surface area contributed by atoms with Crippen molar-refractivity contribution >= 4 is 23.5 Å². The van der Waals surface area contributed by atoms with Crippen molar-refractivity contribution in [1.82, 2.24) is 24.6 Å². The third-order valence-electron chi connectivity index (χ3n) is 5.80. The molecule has 0 unspecified atom stereocenters. The number of likely N-dealkylation sites (N-methyl/N-ethyl adjacent to an activating group) is 1. The fraction of sp³-hybridized carbons (Fsp3) is 0.375. The summed E-state index contributed by atoms with van der Waals surface area (Å²) in [4.78, 5) is 34.3. The molecule has 2 amide bonds. The highest BCUT2D eigenvalue weighted by molar-refractivity contribution is 5.93. The third kappa shape index (κ3) is 6.75. The quantitative estimate of drug-likeness (QED) is 0.457. The van der Waals surface area contributed by atoms with Crippen LogP contribution in [0.4, 0.5) is 16.0 Å². The van der Waals surface area contributed by atoms with Gasteiger partial charge in [-0.15, -0.1) is 0 Å². The van der Waals surface area contributed by atoms with E-state index in [0.717, 1.165) is 23.7 Å². The van der Waals surface area contributed by atoms with E-state index in [9.17, 15) is 14.0 Å². The number of carbonyl (C=O) groups is 2. The molecule has 184 valence electrons. The first-order valence-electron chi connectivity index (χ1n) is 11.4. The number of aryl methyl sites for hydroxylation is 1. The van der Waals surface area contributed by atoms with Crippen LogP contribution in [0.3, 0.4) is 0 Å². The van der Waals surface area contributed by atoms with Gasteiger partial charge in [0.2, 0.25) is 17.8 Å². The number of amides is 2. The number of anilines is 2. The van der Waals surface area contributed by atoms with Gasteiger partial charge in [0.15, 0.2) is 5.82 Å². The Hall–Kier alpha value is -4.02. The van der Waals surface area contributed by atoms with Crippen LogP contribution in [0.2, 0.25) is 0 Å². The van der Waals surface area contributed by atoms with E-state index in [2.05, 4.69) is 25.7 Å². The normalized spacial score (nSPS) is 16.8. The molecule has 2 heterocycles. The lowest BCUT2D eigenvalue weighted by Gasteiger charge is -2.34. The maximum atomic E-state index is 12.9. The maximum Gasteiger partial charge on any atom is 0.244 e. The van der Waals surface area contributed by atoms with Gasteiger partial charge >= 0.3 is 0 Å². The molecule has 0 radical (unpaired) electrons. The third-order valence-corrected chi connectivity index (χ3v) is 5.80. The van der Waals surface area contributed by atoms with E-state index in [4.69, 9.17) is 4.74 Å². The summed E-state index contributed by atoms with van der Waals surface area (Å²) in [6.07, 6.45) is 6.58. The van der Waals surface area contributed by atoms with Crippen molar-refractivity contribution in [3.05, 3.63) is 60.4 Å². The molecule has 10 nitrogen and oxygen atoms in total. The van der Waals surface area contributed by atoms with Gasteiger partial charge in [-0.3, -0.25) is 14.3 Å². The number of benzene rings is 1. The van der Waals surface area contributed by atoms with Crippen LogP contribution in [-0.2, 0) is 16.1 Å². The highest BCUT2D eigenvalue weighted by Gasteiger charge is 2.35. The van der Waals surface area contributed by atoms with Gasteiger partial charge in [0.25, 0.3) is 0 Å². The molecular weight excluding hydrogens is 453 g/mol. The van der Waals surface area contributed by atoms with Crippen LogP contribution in [0.5, 0.6) is 5.75 Å². The van der Waals surface area contributed by atoms with Crippen LogP contribution >= 0.6 is 0 Å². The summed E-state index contributed by atoms with van der Waals surface area (Å²) in [5.41, 5.74) is 1.69. The predicted octanol–water partition coefficient (Wildman–Crippen LogP) is 2.49. The molecule has 4 rings (SSSR count).